The van der Waals surface area contributed by atoms with E-state index in [-0.39, 0.29) is 18.1 Å². The summed E-state index contributed by atoms with van der Waals surface area (Å²) in [5.41, 5.74) is 10.2. The molecule has 1 saturated heterocycles. The van der Waals surface area contributed by atoms with E-state index >= 15 is 0 Å². The van der Waals surface area contributed by atoms with Gasteiger partial charge in [-0.05, 0) is 34.4 Å². The number of hydrogen-bond acceptors (Lipinski definition) is 4. The average Bonchev–Trinajstić information content (AvgIpc) is 2.95. The van der Waals surface area contributed by atoms with Gasteiger partial charge in [0.2, 0.25) is 5.91 Å². The molecule has 1 aliphatic heterocycles. The zero-order chi connectivity index (χ0) is 24.7. The minimum Gasteiger partial charge on any atom is -0.489 e. The van der Waals surface area contributed by atoms with Gasteiger partial charge in [0.1, 0.15) is 24.5 Å². The summed E-state index contributed by atoms with van der Waals surface area (Å²) in [7, 11) is 0. The number of benzene rings is 4. The third-order valence-electron chi connectivity index (χ3n) is 6.49. The fourth-order valence-corrected chi connectivity index (χ4v) is 4.52. The Morgan fingerprint density at radius 3 is 1.83 bits per heavy atom. The molecule has 2 unspecified atom stereocenters. The number of carbonyl (C=O) groups excluding carboxylic acids is 1. The quantitative estimate of drug-likeness (QED) is 0.309. The van der Waals surface area contributed by atoms with Gasteiger partial charge in [0.15, 0.2) is 0 Å². The Kier molecular flexibility index (Phi) is 7.41. The molecule has 5 rings (SSSR count). The van der Waals surface area contributed by atoms with Gasteiger partial charge in [-0.3, -0.25) is 4.79 Å². The first-order valence-electron chi connectivity index (χ1n) is 12.2. The first-order valence-corrected chi connectivity index (χ1v) is 12.2. The van der Waals surface area contributed by atoms with E-state index in [4.69, 9.17) is 15.2 Å². The summed E-state index contributed by atoms with van der Waals surface area (Å²) in [6, 6.07) is 37.4. The summed E-state index contributed by atoms with van der Waals surface area (Å²) in [4.78, 5) is 14.7. The van der Waals surface area contributed by atoms with Crippen LogP contribution in [0.2, 0.25) is 0 Å². The van der Waals surface area contributed by atoms with Crippen LogP contribution >= 0.6 is 0 Å². The summed E-state index contributed by atoms with van der Waals surface area (Å²) >= 11 is 0. The maximum Gasteiger partial charge on any atom is 0.242 e. The standard InChI is InChI=1S/C31H30N2O3/c32-28-20-33(31(28)34)29(25-16-18-27(19-17-25)35-21-23-10-4-1-5-11-23)30(26-14-8-3-9-15-26)36-22-24-12-6-2-7-13-24/h1-19,28-30H,20-22,32H2/t28-,29?,30?/m0/s1. The smallest absolute Gasteiger partial charge is 0.242 e. The number of β-lactam (4-membered cyclic amide) rings is 1. The van der Waals surface area contributed by atoms with Crippen LogP contribution in [0.25, 0.3) is 0 Å². The molecule has 4 aromatic carbocycles. The molecule has 0 saturated carbocycles. The van der Waals surface area contributed by atoms with Crippen molar-refractivity contribution >= 4 is 5.91 Å². The predicted molar refractivity (Wildman–Crippen MR) is 140 cm³/mol. The van der Waals surface area contributed by atoms with Crippen LogP contribution in [-0.2, 0) is 22.7 Å². The number of ether oxygens (including phenoxy) is 2. The predicted octanol–water partition coefficient (Wildman–Crippen LogP) is 5.43. The molecule has 3 atom stereocenters. The van der Waals surface area contributed by atoms with Crippen molar-refractivity contribution in [2.45, 2.75) is 31.4 Å². The third kappa shape index (κ3) is 5.48. The Morgan fingerprint density at radius 1 is 0.722 bits per heavy atom. The second-order valence-corrected chi connectivity index (χ2v) is 9.01. The summed E-state index contributed by atoms with van der Waals surface area (Å²) in [5.74, 6) is 0.711. The lowest BCUT2D eigenvalue weighted by Gasteiger charge is -2.45. The van der Waals surface area contributed by atoms with E-state index in [2.05, 4.69) is 0 Å². The highest BCUT2D eigenvalue weighted by Crippen LogP contribution is 2.40. The van der Waals surface area contributed by atoms with Crippen molar-refractivity contribution in [2.75, 3.05) is 6.54 Å². The fourth-order valence-electron chi connectivity index (χ4n) is 4.52. The second kappa shape index (κ2) is 11.2. The van der Waals surface area contributed by atoms with Crippen LogP contribution in [-0.4, -0.2) is 23.4 Å². The monoisotopic (exact) mass is 478 g/mol. The van der Waals surface area contributed by atoms with E-state index in [1.54, 1.807) is 0 Å². The highest BCUT2D eigenvalue weighted by atomic mass is 16.5. The van der Waals surface area contributed by atoms with Gasteiger partial charge in [0.25, 0.3) is 0 Å². The van der Waals surface area contributed by atoms with Crippen LogP contribution in [0, 0.1) is 0 Å². The maximum absolute atomic E-state index is 12.8. The highest BCUT2D eigenvalue weighted by Gasteiger charge is 2.43. The summed E-state index contributed by atoms with van der Waals surface area (Å²) in [6.07, 6.45) is -0.362. The van der Waals surface area contributed by atoms with Crippen molar-refractivity contribution in [3.8, 4) is 5.75 Å². The second-order valence-electron chi connectivity index (χ2n) is 9.01. The first-order chi connectivity index (χ1) is 17.7. The molecular weight excluding hydrogens is 448 g/mol. The Labute approximate surface area is 212 Å². The molecule has 4 aromatic rings. The molecule has 1 heterocycles. The van der Waals surface area contributed by atoms with Gasteiger partial charge in [-0.25, -0.2) is 0 Å². The summed E-state index contributed by atoms with van der Waals surface area (Å²) < 4.78 is 12.5. The number of hydrogen-bond donors (Lipinski definition) is 1. The number of amides is 1. The van der Waals surface area contributed by atoms with E-state index in [1.165, 1.54) is 0 Å². The van der Waals surface area contributed by atoms with Gasteiger partial charge in [0.05, 0.1) is 12.6 Å². The van der Waals surface area contributed by atoms with Crippen LogP contribution < -0.4 is 10.5 Å². The SMILES string of the molecule is N[C@H]1CN(C(c2ccc(OCc3ccccc3)cc2)C(OCc2ccccc2)c2ccccc2)C1=O. The van der Waals surface area contributed by atoms with Gasteiger partial charge in [-0.2, -0.15) is 0 Å². The molecule has 1 aliphatic rings. The Hall–Kier alpha value is -3.93. The topological polar surface area (TPSA) is 64.8 Å². The van der Waals surface area contributed by atoms with Crippen molar-refractivity contribution in [3.05, 3.63) is 138 Å². The molecule has 0 aromatic heterocycles. The molecule has 0 bridgehead atoms. The minimum absolute atomic E-state index is 0.0614. The molecule has 1 amide bonds. The highest BCUT2D eigenvalue weighted by molar-refractivity contribution is 5.88. The van der Waals surface area contributed by atoms with E-state index < -0.39 is 6.04 Å². The Balaban J connectivity index is 1.42. The Bertz CT molecular complexity index is 1250. The summed E-state index contributed by atoms with van der Waals surface area (Å²) in [6.45, 7) is 1.42. The average molecular weight is 479 g/mol. The number of nitrogens with two attached hydrogens (primary N) is 1. The number of likely N-dealkylation sites (tertiary alicyclic amines) is 1. The largest absolute Gasteiger partial charge is 0.489 e. The molecule has 36 heavy (non-hydrogen) atoms. The van der Waals surface area contributed by atoms with Gasteiger partial charge in [-0.1, -0.05) is 103 Å². The lowest BCUT2D eigenvalue weighted by Crippen LogP contribution is -2.62. The summed E-state index contributed by atoms with van der Waals surface area (Å²) in [5, 5.41) is 0. The van der Waals surface area contributed by atoms with E-state index in [0.717, 1.165) is 28.0 Å². The Morgan fingerprint density at radius 2 is 1.28 bits per heavy atom. The van der Waals surface area contributed by atoms with Crippen molar-refractivity contribution < 1.29 is 14.3 Å². The molecule has 5 heteroatoms. The lowest BCUT2D eigenvalue weighted by molar-refractivity contribution is -0.152. The van der Waals surface area contributed by atoms with Crippen molar-refractivity contribution in [2.24, 2.45) is 5.73 Å². The van der Waals surface area contributed by atoms with Crippen LogP contribution in [0.1, 0.15) is 34.4 Å². The van der Waals surface area contributed by atoms with E-state index in [1.807, 2.05) is 120 Å². The van der Waals surface area contributed by atoms with Crippen molar-refractivity contribution in [1.82, 2.24) is 4.90 Å². The molecule has 0 aliphatic carbocycles. The zero-order valence-corrected chi connectivity index (χ0v) is 20.1. The molecule has 182 valence electrons. The van der Waals surface area contributed by atoms with Crippen LogP contribution in [0.4, 0.5) is 0 Å². The molecule has 0 radical (unpaired) electrons. The van der Waals surface area contributed by atoms with Crippen LogP contribution in [0.3, 0.4) is 0 Å². The number of nitrogens with zero attached hydrogens (tertiary/aromatic N) is 1. The van der Waals surface area contributed by atoms with E-state index in [0.29, 0.717) is 19.8 Å². The molecule has 5 nitrogen and oxygen atoms in total. The van der Waals surface area contributed by atoms with Gasteiger partial charge in [0, 0.05) is 6.54 Å². The van der Waals surface area contributed by atoms with Crippen molar-refractivity contribution in [1.29, 1.82) is 0 Å². The third-order valence-corrected chi connectivity index (χ3v) is 6.49. The van der Waals surface area contributed by atoms with Gasteiger partial charge in [-0.15, -0.1) is 0 Å². The van der Waals surface area contributed by atoms with Crippen molar-refractivity contribution in [3.63, 3.8) is 0 Å². The van der Waals surface area contributed by atoms with Gasteiger partial charge >= 0.3 is 0 Å². The first kappa shape index (κ1) is 23.8. The lowest BCUT2D eigenvalue weighted by atomic mass is 9.90. The van der Waals surface area contributed by atoms with Crippen LogP contribution in [0.5, 0.6) is 5.75 Å². The molecule has 1 fully saturated rings. The molecule has 2 N–H and O–H groups in total. The normalized spacial score (nSPS) is 16.8. The fraction of sp³-hybridized carbons (Fsp3) is 0.194. The molecule has 0 spiro atoms. The number of carbonyl (C=O) groups is 1. The molecular formula is C31H30N2O3. The number of rotatable bonds is 10. The maximum atomic E-state index is 12.8. The zero-order valence-electron chi connectivity index (χ0n) is 20.1. The minimum atomic E-state index is -0.466. The van der Waals surface area contributed by atoms with E-state index in [9.17, 15) is 4.79 Å². The van der Waals surface area contributed by atoms with Crippen LogP contribution in [0.15, 0.2) is 115 Å². The van der Waals surface area contributed by atoms with Gasteiger partial charge < -0.3 is 20.1 Å².